The van der Waals surface area contributed by atoms with Gasteiger partial charge in [-0.05, 0) is 36.4 Å². The number of amides is 1. The summed E-state index contributed by atoms with van der Waals surface area (Å²) in [5.41, 5.74) is 1.94. The van der Waals surface area contributed by atoms with E-state index < -0.39 is 5.76 Å². The summed E-state index contributed by atoms with van der Waals surface area (Å²) in [5.74, 6) is 0.00733. The first-order chi connectivity index (χ1) is 12.5. The Kier molecular flexibility index (Phi) is 5.33. The summed E-state index contributed by atoms with van der Waals surface area (Å²) in [6, 6.07) is 12.4. The molecule has 132 valence electrons. The largest absolute Gasteiger partial charge is 0.496 e. The van der Waals surface area contributed by atoms with E-state index in [2.05, 4.69) is 35.9 Å². The third kappa shape index (κ3) is 4.28. The zero-order valence-electron chi connectivity index (χ0n) is 13.7. The van der Waals surface area contributed by atoms with Crippen LogP contribution in [0.15, 0.2) is 62.3 Å². The Balaban J connectivity index is 1.74. The van der Waals surface area contributed by atoms with E-state index in [1.54, 1.807) is 37.5 Å². The molecule has 0 unspecified atom stereocenters. The number of nitrogens with zero attached hydrogens (tertiary/aromatic N) is 1. The Morgan fingerprint density at radius 2 is 2.15 bits per heavy atom. The Bertz CT molecular complexity index is 1020. The number of carbonyl (C=O) groups excluding carboxylic acids is 1. The lowest BCUT2D eigenvalue weighted by Crippen LogP contribution is -2.07. The number of aromatic amines is 1. The molecule has 0 atom stereocenters. The van der Waals surface area contributed by atoms with Crippen LogP contribution < -0.4 is 15.8 Å². The molecule has 2 aromatic carbocycles. The zero-order valence-corrected chi connectivity index (χ0v) is 15.2. The average molecular weight is 416 g/mol. The number of carbonyl (C=O) groups is 1. The van der Waals surface area contributed by atoms with Gasteiger partial charge in [-0.2, -0.15) is 0 Å². The van der Waals surface area contributed by atoms with Gasteiger partial charge in [-0.1, -0.05) is 33.2 Å². The van der Waals surface area contributed by atoms with Gasteiger partial charge in [0.15, 0.2) is 5.82 Å². The first-order valence-corrected chi connectivity index (χ1v) is 8.33. The van der Waals surface area contributed by atoms with Crippen molar-refractivity contribution in [2.24, 2.45) is 0 Å². The molecule has 26 heavy (non-hydrogen) atoms. The second-order valence-corrected chi connectivity index (χ2v) is 6.15. The van der Waals surface area contributed by atoms with Crippen LogP contribution in [-0.2, 0) is 4.79 Å². The maximum atomic E-state index is 12.2. The van der Waals surface area contributed by atoms with Crippen molar-refractivity contribution in [2.45, 2.75) is 0 Å². The molecule has 0 saturated carbocycles. The summed E-state index contributed by atoms with van der Waals surface area (Å²) in [6.07, 6.45) is 3.08. The van der Waals surface area contributed by atoms with Gasteiger partial charge in [0.1, 0.15) is 5.75 Å². The van der Waals surface area contributed by atoms with E-state index in [9.17, 15) is 9.59 Å². The molecule has 0 aliphatic carbocycles. The van der Waals surface area contributed by atoms with Gasteiger partial charge >= 0.3 is 5.76 Å². The van der Waals surface area contributed by atoms with Gasteiger partial charge < -0.3 is 10.1 Å². The number of aromatic nitrogens is 2. The molecule has 0 aliphatic rings. The molecular weight excluding hydrogens is 402 g/mol. The maximum Gasteiger partial charge on any atom is 0.439 e. The van der Waals surface area contributed by atoms with E-state index in [0.29, 0.717) is 22.8 Å². The van der Waals surface area contributed by atoms with Crippen LogP contribution in [0, 0.1) is 0 Å². The maximum absolute atomic E-state index is 12.2. The molecule has 1 aromatic heterocycles. The number of rotatable bonds is 5. The van der Waals surface area contributed by atoms with Crippen molar-refractivity contribution in [3.63, 3.8) is 0 Å². The van der Waals surface area contributed by atoms with Gasteiger partial charge in [0.25, 0.3) is 0 Å². The number of hydrogen-bond acceptors (Lipinski definition) is 5. The number of nitrogens with one attached hydrogen (secondary N) is 2. The van der Waals surface area contributed by atoms with E-state index in [1.165, 1.54) is 6.08 Å². The SMILES string of the molecule is COc1ccc(Br)cc1/C=C/C(=O)Nc1cccc(-c2noc(=O)[nH]2)c1. The first kappa shape index (κ1) is 17.7. The van der Waals surface area contributed by atoms with Gasteiger partial charge in [-0.3, -0.25) is 14.3 Å². The van der Waals surface area contributed by atoms with Crippen molar-refractivity contribution in [2.75, 3.05) is 12.4 Å². The van der Waals surface area contributed by atoms with Crippen molar-refractivity contribution < 1.29 is 14.1 Å². The fourth-order valence-electron chi connectivity index (χ4n) is 2.28. The molecule has 0 saturated heterocycles. The molecule has 1 heterocycles. The fourth-order valence-corrected chi connectivity index (χ4v) is 2.66. The number of methoxy groups -OCH3 is 1. The molecule has 3 aromatic rings. The highest BCUT2D eigenvalue weighted by Crippen LogP contribution is 2.24. The molecule has 7 nitrogen and oxygen atoms in total. The predicted octanol–water partition coefficient (Wildman–Crippen LogP) is 3.45. The van der Waals surface area contributed by atoms with Crippen LogP contribution in [0.5, 0.6) is 5.75 Å². The summed E-state index contributed by atoms with van der Waals surface area (Å²) >= 11 is 3.39. The van der Waals surface area contributed by atoms with Crippen molar-refractivity contribution in [1.29, 1.82) is 0 Å². The van der Waals surface area contributed by atoms with Crippen molar-refractivity contribution in [1.82, 2.24) is 10.1 Å². The summed E-state index contributed by atoms with van der Waals surface area (Å²) < 4.78 is 10.6. The van der Waals surface area contributed by atoms with Gasteiger partial charge in [0, 0.05) is 27.4 Å². The highest BCUT2D eigenvalue weighted by atomic mass is 79.9. The standard InChI is InChI=1S/C18H14BrN3O4/c1-25-15-7-6-13(19)9-11(15)5-8-16(23)20-14-4-2-3-12(10-14)17-21-18(24)26-22-17/h2-10H,1H3,(H,20,23)(H,21,22,24)/b8-5+. The van der Waals surface area contributed by atoms with Crippen molar-refractivity contribution >= 4 is 33.6 Å². The van der Waals surface area contributed by atoms with Crippen molar-refractivity contribution in [3.8, 4) is 17.1 Å². The van der Waals surface area contributed by atoms with Crippen LogP contribution in [0.2, 0.25) is 0 Å². The van der Waals surface area contributed by atoms with Crippen LogP contribution in [0.1, 0.15) is 5.56 Å². The number of benzene rings is 2. The lowest BCUT2D eigenvalue weighted by Gasteiger charge is -2.06. The first-order valence-electron chi connectivity index (χ1n) is 7.54. The van der Waals surface area contributed by atoms with Crippen molar-refractivity contribution in [3.05, 3.63) is 69.1 Å². The fraction of sp³-hybridized carbons (Fsp3) is 0.0556. The minimum Gasteiger partial charge on any atom is -0.496 e. The van der Waals surface area contributed by atoms with E-state index in [1.807, 2.05) is 18.2 Å². The molecule has 8 heteroatoms. The van der Waals surface area contributed by atoms with E-state index in [0.717, 1.165) is 10.0 Å². The van der Waals surface area contributed by atoms with Gasteiger partial charge in [0.2, 0.25) is 5.91 Å². The third-order valence-corrected chi connectivity index (χ3v) is 3.94. The number of anilines is 1. The normalized spacial score (nSPS) is 10.8. The van der Waals surface area contributed by atoms with Gasteiger partial charge in [-0.15, -0.1) is 0 Å². The minimum atomic E-state index is -0.639. The summed E-state index contributed by atoms with van der Waals surface area (Å²) in [4.78, 5) is 25.7. The molecule has 0 spiro atoms. The van der Waals surface area contributed by atoms with E-state index in [4.69, 9.17) is 4.74 Å². The van der Waals surface area contributed by atoms with E-state index in [-0.39, 0.29) is 5.91 Å². The highest BCUT2D eigenvalue weighted by molar-refractivity contribution is 9.10. The molecular formula is C18H14BrN3O4. The number of hydrogen-bond donors (Lipinski definition) is 2. The quantitative estimate of drug-likeness (QED) is 0.621. The molecule has 0 bridgehead atoms. The average Bonchev–Trinajstić information content (AvgIpc) is 3.07. The lowest BCUT2D eigenvalue weighted by molar-refractivity contribution is -0.111. The van der Waals surface area contributed by atoms with Crippen LogP contribution in [0.3, 0.4) is 0 Å². The van der Waals surface area contributed by atoms with Crippen LogP contribution in [-0.4, -0.2) is 23.2 Å². The minimum absolute atomic E-state index is 0.292. The van der Waals surface area contributed by atoms with Crippen LogP contribution in [0.4, 0.5) is 5.69 Å². The summed E-state index contributed by atoms with van der Waals surface area (Å²) in [6.45, 7) is 0. The lowest BCUT2D eigenvalue weighted by atomic mass is 10.1. The second kappa shape index (κ2) is 7.83. The Morgan fingerprint density at radius 3 is 2.88 bits per heavy atom. The molecule has 0 aliphatic heterocycles. The van der Waals surface area contributed by atoms with Gasteiger partial charge in [-0.25, -0.2) is 4.79 Å². The Labute approximate surface area is 156 Å². The number of ether oxygens (including phenoxy) is 1. The summed E-state index contributed by atoms with van der Waals surface area (Å²) in [7, 11) is 1.57. The third-order valence-electron chi connectivity index (χ3n) is 3.45. The second-order valence-electron chi connectivity index (χ2n) is 5.23. The van der Waals surface area contributed by atoms with Crippen LogP contribution in [0.25, 0.3) is 17.5 Å². The molecule has 3 rings (SSSR count). The number of halogens is 1. The smallest absolute Gasteiger partial charge is 0.439 e. The zero-order chi connectivity index (χ0) is 18.5. The molecule has 0 fully saturated rings. The monoisotopic (exact) mass is 415 g/mol. The molecule has 1 amide bonds. The Hall–Kier alpha value is -3.13. The predicted molar refractivity (Wildman–Crippen MR) is 101 cm³/mol. The van der Waals surface area contributed by atoms with E-state index >= 15 is 0 Å². The molecule has 0 radical (unpaired) electrons. The molecule has 2 N–H and O–H groups in total. The summed E-state index contributed by atoms with van der Waals surface area (Å²) in [5, 5.41) is 6.37. The van der Waals surface area contributed by atoms with Gasteiger partial charge in [0.05, 0.1) is 7.11 Å². The highest BCUT2D eigenvalue weighted by Gasteiger charge is 2.06. The van der Waals surface area contributed by atoms with Crippen LogP contribution >= 0.6 is 15.9 Å². The number of H-pyrrole nitrogens is 1. The topological polar surface area (TPSA) is 97.2 Å². The Morgan fingerprint density at radius 1 is 1.31 bits per heavy atom.